The van der Waals surface area contributed by atoms with E-state index >= 15 is 0 Å². The highest BCUT2D eigenvalue weighted by Gasteiger charge is 2.14. The summed E-state index contributed by atoms with van der Waals surface area (Å²) in [5.74, 6) is 0.957. The van der Waals surface area contributed by atoms with E-state index in [0.717, 1.165) is 25.2 Å². The number of rotatable bonds is 6. The lowest BCUT2D eigenvalue weighted by Crippen LogP contribution is -2.31. The molecule has 2 nitrogen and oxygen atoms in total. The van der Waals surface area contributed by atoms with E-state index in [-0.39, 0.29) is 0 Å². The van der Waals surface area contributed by atoms with Gasteiger partial charge in [0.25, 0.3) is 0 Å². The van der Waals surface area contributed by atoms with Crippen molar-refractivity contribution in [2.24, 2.45) is 5.92 Å². The molecule has 2 rings (SSSR count). The van der Waals surface area contributed by atoms with Crippen molar-refractivity contribution in [2.45, 2.75) is 70.3 Å². The molecule has 0 unspecified atom stereocenters. The summed E-state index contributed by atoms with van der Waals surface area (Å²) in [5.41, 5.74) is 0. The molecule has 0 aromatic rings. The topological polar surface area (TPSA) is 21.3 Å². The maximum Gasteiger partial charge on any atom is 0.0468 e. The molecule has 100 valence electrons. The highest BCUT2D eigenvalue weighted by atomic mass is 16.5. The number of hydrogen-bond acceptors (Lipinski definition) is 2. The minimum absolute atomic E-state index is 0.840. The third-order valence-corrected chi connectivity index (χ3v) is 4.42. The largest absolute Gasteiger partial charge is 0.381 e. The van der Waals surface area contributed by atoms with Crippen molar-refractivity contribution in [3.8, 4) is 0 Å². The molecule has 2 fully saturated rings. The molecule has 1 saturated carbocycles. The molecular weight excluding hydrogens is 210 g/mol. The Bertz CT molecular complexity index is 163. The summed E-state index contributed by atoms with van der Waals surface area (Å²) < 4.78 is 5.39. The first kappa shape index (κ1) is 13.4. The van der Waals surface area contributed by atoms with Gasteiger partial charge in [-0.25, -0.2) is 0 Å². The summed E-state index contributed by atoms with van der Waals surface area (Å²) in [4.78, 5) is 0. The highest BCUT2D eigenvalue weighted by Crippen LogP contribution is 2.21. The third kappa shape index (κ3) is 5.39. The van der Waals surface area contributed by atoms with E-state index in [4.69, 9.17) is 4.74 Å². The number of nitrogens with one attached hydrogen (secondary N) is 1. The molecule has 2 heteroatoms. The molecule has 0 radical (unpaired) electrons. The van der Waals surface area contributed by atoms with Crippen LogP contribution in [0.5, 0.6) is 0 Å². The zero-order chi connectivity index (χ0) is 11.8. The number of unbranched alkanes of at least 4 members (excludes halogenated alkanes) is 1. The van der Waals surface area contributed by atoms with Crippen LogP contribution in [0, 0.1) is 5.92 Å². The predicted octanol–water partition coefficient (Wildman–Crippen LogP) is 3.51. The minimum atomic E-state index is 0.840. The Morgan fingerprint density at radius 3 is 2.41 bits per heavy atom. The van der Waals surface area contributed by atoms with E-state index in [2.05, 4.69) is 5.32 Å². The molecule has 1 saturated heterocycles. The van der Waals surface area contributed by atoms with Crippen LogP contribution in [0.2, 0.25) is 0 Å². The summed E-state index contributed by atoms with van der Waals surface area (Å²) in [5, 5.41) is 3.73. The standard InChI is InChI=1S/C15H29NO/c1-2-7-15(8-3-1)16-11-5-4-6-14-9-12-17-13-10-14/h14-16H,1-13H2. The third-order valence-electron chi connectivity index (χ3n) is 4.42. The zero-order valence-electron chi connectivity index (χ0n) is 11.3. The molecule has 2 aliphatic rings. The van der Waals surface area contributed by atoms with Crippen LogP contribution in [-0.4, -0.2) is 25.8 Å². The molecule has 0 spiro atoms. The Labute approximate surface area is 107 Å². The van der Waals surface area contributed by atoms with Crippen LogP contribution in [0.25, 0.3) is 0 Å². The van der Waals surface area contributed by atoms with Gasteiger partial charge in [0.1, 0.15) is 0 Å². The fourth-order valence-electron chi connectivity index (χ4n) is 3.21. The average molecular weight is 239 g/mol. The molecule has 1 N–H and O–H groups in total. The number of ether oxygens (including phenoxy) is 1. The first-order valence-corrected chi connectivity index (χ1v) is 7.76. The molecule has 1 aliphatic heterocycles. The lowest BCUT2D eigenvalue weighted by atomic mass is 9.93. The highest BCUT2D eigenvalue weighted by molar-refractivity contribution is 4.71. The van der Waals surface area contributed by atoms with Crippen LogP contribution in [0.15, 0.2) is 0 Å². The Kier molecular flexibility index (Phi) is 6.36. The Hall–Kier alpha value is -0.0800. The fraction of sp³-hybridized carbons (Fsp3) is 1.00. The van der Waals surface area contributed by atoms with Crippen LogP contribution in [0.1, 0.15) is 64.2 Å². The second-order valence-electron chi connectivity index (χ2n) is 5.84. The van der Waals surface area contributed by atoms with E-state index in [1.54, 1.807) is 0 Å². The van der Waals surface area contributed by atoms with Crippen molar-refractivity contribution in [1.82, 2.24) is 5.32 Å². The van der Waals surface area contributed by atoms with Crippen LogP contribution in [0.3, 0.4) is 0 Å². The Morgan fingerprint density at radius 2 is 1.65 bits per heavy atom. The van der Waals surface area contributed by atoms with E-state index in [0.29, 0.717) is 0 Å². The molecule has 1 heterocycles. The summed E-state index contributed by atoms with van der Waals surface area (Å²) in [7, 11) is 0. The number of hydrogen-bond donors (Lipinski definition) is 1. The maximum absolute atomic E-state index is 5.39. The summed E-state index contributed by atoms with van der Waals surface area (Å²) in [6.45, 7) is 3.25. The SMILES string of the molecule is C1CCC(NCCCCC2CCOCC2)CC1. The second-order valence-corrected chi connectivity index (χ2v) is 5.84. The smallest absolute Gasteiger partial charge is 0.0468 e. The normalized spacial score (nSPS) is 24.0. The van der Waals surface area contributed by atoms with E-state index in [1.807, 2.05) is 0 Å². The molecule has 0 atom stereocenters. The van der Waals surface area contributed by atoms with E-state index in [1.165, 1.54) is 70.8 Å². The van der Waals surface area contributed by atoms with Gasteiger partial charge in [-0.3, -0.25) is 0 Å². The van der Waals surface area contributed by atoms with Gasteiger partial charge in [0.2, 0.25) is 0 Å². The quantitative estimate of drug-likeness (QED) is 0.716. The molecule has 1 aliphatic carbocycles. The lowest BCUT2D eigenvalue weighted by Gasteiger charge is -2.24. The zero-order valence-corrected chi connectivity index (χ0v) is 11.3. The first-order valence-electron chi connectivity index (χ1n) is 7.76. The van der Waals surface area contributed by atoms with Crippen molar-refractivity contribution < 1.29 is 4.74 Å². The summed E-state index contributed by atoms with van der Waals surface area (Å²) in [6, 6.07) is 0.840. The van der Waals surface area contributed by atoms with Gasteiger partial charge in [-0.2, -0.15) is 0 Å². The van der Waals surface area contributed by atoms with Gasteiger partial charge in [-0.1, -0.05) is 32.1 Å². The Balaban J connectivity index is 1.42. The van der Waals surface area contributed by atoms with Crippen LogP contribution in [0.4, 0.5) is 0 Å². The van der Waals surface area contributed by atoms with E-state index in [9.17, 15) is 0 Å². The first-order chi connectivity index (χ1) is 8.45. The van der Waals surface area contributed by atoms with E-state index < -0.39 is 0 Å². The predicted molar refractivity (Wildman–Crippen MR) is 72.3 cm³/mol. The monoisotopic (exact) mass is 239 g/mol. The van der Waals surface area contributed by atoms with Gasteiger partial charge in [0.05, 0.1) is 0 Å². The van der Waals surface area contributed by atoms with Gasteiger partial charge < -0.3 is 10.1 Å². The van der Waals surface area contributed by atoms with Crippen LogP contribution in [-0.2, 0) is 4.74 Å². The summed E-state index contributed by atoms with van der Waals surface area (Å²) >= 11 is 0. The van der Waals surface area contributed by atoms with Crippen molar-refractivity contribution in [3.63, 3.8) is 0 Å². The molecule has 0 aromatic heterocycles. The van der Waals surface area contributed by atoms with Gasteiger partial charge >= 0.3 is 0 Å². The lowest BCUT2D eigenvalue weighted by molar-refractivity contribution is 0.0631. The fourth-order valence-corrected chi connectivity index (χ4v) is 3.21. The Morgan fingerprint density at radius 1 is 0.882 bits per heavy atom. The van der Waals surface area contributed by atoms with Crippen LogP contribution >= 0.6 is 0 Å². The molecule has 0 amide bonds. The van der Waals surface area contributed by atoms with Crippen molar-refractivity contribution >= 4 is 0 Å². The summed E-state index contributed by atoms with van der Waals surface area (Å²) in [6.07, 6.45) is 14.0. The molecule has 0 aromatic carbocycles. The van der Waals surface area contributed by atoms with Crippen molar-refractivity contribution in [1.29, 1.82) is 0 Å². The van der Waals surface area contributed by atoms with Crippen molar-refractivity contribution in [2.75, 3.05) is 19.8 Å². The van der Waals surface area contributed by atoms with Gasteiger partial charge in [-0.15, -0.1) is 0 Å². The van der Waals surface area contributed by atoms with Crippen molar-refractivity contribution in [3.05, 3.63) is 0 Å². The maximum atomic E-state index is 5.39. The van der Waals surface area contributed by atoms with Gasteiger partial charge in [-0.05, 0) is 44.6 Å². The minimum Gasteiger partial charge on any atom is -0.381 e. The van der Waals surface area contributed by atoms with Gasteiger partial charge in [0, 0.05) is 19.3 Å². The average Bonchev–Trinajstić information content (AvgIpc) is 2.41. The molecule has 0 bridgehead atoms. The second kappa shape index (κ2) is 8.10. The molecular formula is C15H29NO. The van der Waals surface area contributed by atoms with Crippen LogP contribution < -0.4 is 5.32 Å². The molecule has 17 heavy (non-hydrogen) atoms. The van der Waals surface area contributed by atoms with Gasteiger partial charge in [0.15, 0.2) is 0 Å².